The number of carbonyl (C=O) groups is 1. The number of carbonyl (C=O) groups excluding carboxylic acids is 1. The molecular weight excluding hydrogens is 402 g/mol. The van der Waals surface area contributed by atoms with E-state index in [9.17, 15) is 4.79 Å². The number of aromatic nitrogens is 2. The average Bonchev–Trinajstić information content (AvgIpc) is 2.82. The molecule has 32 heavy (non-hydrogen) atoms. The Kier molecular flexibility index (Phi) is 6.12. The summed E-state index contributed by atoms with van der Waals surface area (Å²) in [6.07, 6.45) is 1.62. The normalized spacial score (nSPS) is 10.5. The average molecular weight is 425 g/mol. The van der Waals surface area contributed by atoms with Gasteiger partial charge in [0.15, 0.2) is 5.82 Å². The van der Waals surface area contributed by atoms with Crippen LogP contribution < -0.4 is 14.8 Å². The Labute approximate surface area is 186 Å². The fourth-order valence-electron chi connectivity index (χ4n) is 3.15. The van der Waals surface area contributed by atoms with Crippen molar-refractivity contribution in [2.45, 2.75) is 13.8 Å². The summed E-state index contributed by atoms with van der Waals surface area (Å²) in [5, 5.41) is 2.94. The van der Waals surface area contributed by atoms with E-state index in [1.54, 1.807) is 37.6 Å². The number of amides is 1. The van der Waals surface area contributed by atoms with Crippen LogP contribution in [-0.2, 0) is 0 Å². The Hall–Kier alpha value is -4.19. The number of ether oxygens (including phenoxy) is 2. The topological polar surface area (TPSA) is 73.3 Å². The molecular formula is C26H23N3O3. The molecule has 1 aromatic heterocycles. The van der Waals surface area contributed by atoms with E-state index < -0.39 is 0 Å². The van der Waals surface area contributed by atoms with E-state index in [0.29, 0.717) is 34.3 Å². The summed E-state index contributed by atoms with van der Waals surface area (Å²) in [6, 6.07) is 22.0. The molecule has 0 aliphatic rings. The quantitative estimate of drug-likeness (QED) is 0.422. The van der Waals surface area contributed by atoms with Crippen molar-refractivity contribution in [2.24, 2.45) is 0 Å². The summed E-state index contributed by atoms with van der Waals surface area (Å²) in [4.78, 5) is 21.6. The van der Waals surface area contributed by atoms with Gasteiger partial charge in [-0.05, 0) is 61.4 Å². The zero-order valence-electron chi connectivity index (χ0n) is 18.1. The Bertz CT molecular complexity index is 1270. The Balaban J connectivity index is 1.54. The summed E-state index contributed by atoms with van der Waals surface area (Å²) >= 11 is 0. The van der Waals surface area contributed by atoms with Gasteiger partial charge < -0.3 is 14.8 Å². The lowest BCUT2D eigenvalue weighted by Gasteiger charge is -2.10. The van der Waals surface area contributed by atoms with Gasteiger partial charge in [-0.15, -0.1) is 0 Å². The number of aryl methyl sites for hydroxylation is 2. The third-order valence-corrected chi connectivity index (χ3v) is 5.04. The predicted octanol–water partition coefficient (Wildman–Crippen LogP) is 5.81. The SMILES string of the molecule is COc1cccc(Oc2ccnc(-c3cccc(C(=O)Nc4ccc(C)c(C)c4)c3)n2)c1. The van der Waals surface area contributed by atoms with Crippen molar-refractivity contribution in [1.82, 2.24) is 9.97 Å². The third-order valence-electron chi connectivity index (χ3n) is 5.04. The smallest absolute Gasteiger partial charge is 0.255 e. The molecule has 1 N–H and O–H groups in total. The summed E-state index contributed by atoms with van der Waals surface area (Å²) in [5.74, 6) is 1.97. The van der Waals surface area contributed by atoms with Gasteiger partial charge in [-0.1, -0.05) is 24.3 Å². The van der Waals surface area contributed by atoms with Gasteiger partial charge in [0, 0.05) is 35.1 Å². The molecule has 1 heterocycles. The van der Waals surface area contributed by atoms with Crippen LogP contribution in [0.5, 0.6) is 17.4 Å². The van der Waals surface area contributed by atoms with E-state index >= 15 is 0 Å². The molecule has 0 spiro atoms. The largest absolute Gasteiger partial charge is 0.497 e. The maximum Gasteiger partial charge on any atom is 0.255 e. The molecule has 1 amide bonds. The lowest BCUT2D eigenvalue weighted by molar-refractivity contribution is 0.102. The lowest BCUT2D eigenvalue weighted by Crippen LogP contribution is -2.12. The molecule has 4 aromatic rings. The van der Waals surface area contributed by atoms with Crippen molar-refractivity contribution < 1.29 is 14.3 Å². The number of methoxy groups -OCH3 is 1. The molecule has 0 aliphatic carbocycles. The van der Waals surface area contributed by atoms with Gasteiger partial charge in [0.2, 0.25) is 5.88 Å². The van der Waals surface area contributed by atoms with E-state index in [1.165, 1.54) is 5.56 Å². The first-order valence-corrected chi connectivity index (χ1v) is 10.2. The van der Waals surface area contributed by atoms with Crippen LogP contribution in [-0.4, -0.2) is 23.0 Å². The molecule has 0 unspecified atom stereocenters. The second-order valence-electron chi connectivity index (χ2n) is 7.33. The number of anilines is 1. The van der Waals surface area contributed by atoms with Gasteiger partial charge >= 0.3 is 0 Å². The number of hydrogen-bond donors (Lipinski definition) is 1. The second kappa shape index (κ2) is 9.31. The van der Waals surface area contributed by atoms with Crippen LogP contribution in [0.3, 0.4) is 0 Å². The zero-order valence-corrected chi connectivity index (χ0v) is 18.1. The maximum atomic E-state index is 12.8. The molecule has 0 saturated heterocycles. The van der Waals surface area contributed by atoms with Crippen LogP contribution in [0, 0.1) is 13.8 Å². The van der Waals surface area contributed by atoms with E-state index in [0.717, 1.165) is 11.3 Å². The van der Waals surface area contributed by atoms with Crippen LogP contribution in [0.4, 0.5) is 5.69 Å². The van der Waals surface area contributed by atoms with Crippen molar-refractivity contribution in [1.29, 1.82) is 0 Å². The number of nitrogens with one attached hydrogen (secondary N) is 1. The van der Waals surface area contributed by atoms with E-state index in [-0.39, 0.29) is 5.91 Å². The molecule has 0 aliphatic heterocycles. The summed E-state index contributed by atoms with van der Waals surface area (Å²) in [7, 11) is 1.60. The minimum atomic E-state index is -0.195. The molecule has 0 saturated carbocycles. The summed E-state index contributed by atoms with van der Waals surface area (Å²) in [6.45, 7) is 4.06. The first-order chi connectivity index (χ1) is 15.5. The Morgan fingerprint density at radius 2 is 1.69 bits per heavy atom. The maximum absolute atomic E-state index is 12.8. The second-order valence-corrected chi connectivity index (χ2v) is 7.33. The molecule has 0 radical (unpaired) electrons. The number of nitrogens with zero attached hydrogens (tertiary/aromatic N) is 2. The van der Waals surface area contributed by atoms with Gasteiger partial charge in [-0.25, -0.2) is 4.98 Å². The lowest BCUT2D eigenvalue weighted by atomic mass is 10.1. The highest BCUT2D eigenvalue weighted by atomic mass is 16.5. The number of hydrogen-bond acceptors (Lipinski definition) is 5. The number of rotatable bonds is 6. The van der Waals surface area contributed by atoms with Crippen molar-refractivity contribution in [3.8, 4) is 28.8 Å². The van der Waals surface area contributed by atoms with Crippen LogP contribution in [0.1, 0.15) is 21.5 Å². The zero-order chi connectivity index (χ0) is 22.5. The minimum absolute atomic E-state index is 0.195. The highest BCUT2D eigenvalue weighted by Crippen LogP contribution is 2.26. The molecule has 3 aromatic carbocycles. The van der Waals surface area contributed by atoms with Crippen molar-refractivity contribution in [3.63, 3.8) is 0 Å². The van der Waals surface area contributed by atoms with Crippen LogP contribution >= 0.6 is 0 Å². The molecule has 4 rings (SSSR count). The molecule has 160 valence electrons. The molecule has 6 nitrogen and oxygen atoms in total. The Morgan fingerprint density at radius 3 is 2.50 bits per heavy atom. The van der Waals surface area contributed by atoms with Gasteiger partial charge in [-0.2, -0.15) is 4.98 Å². The molecule has 0 atom stereocenters. The van der Waals surface area contributed by atoms with Crippen molar-refractivity contribution >= 4 is 11.6 Å². The predicted molar refractivity (Wildman–Crippen MR) is 124 cm³/mol. The first-order valence-electron chi connectivity index (χ1n) is 10.2. The summed E-state index contributed by atoms with van der Waals surface area (Å²) in [5.41, 5.74) is 4.29. The van der Waals surface area contributed by atoms with Crippen LogP contribution in [0.25, 0.3) is 11.4 Å². The van der Waals surface area contributed by atoms with E-state index in [4.69, 9.17) is 9.47 Å². The van der Waals surface area contributed by atoms with Gasteiger partial charge in [0.25, 0.3) is 5.91 Å². The van der Waals surface area contributed by atoms with Crippen molar-refractivity contribution in [2.75, 3.05) is 12.4 Å². The molecule has 0 bridgehead atoms. The molecule has 6 heteroatoms. The van der Waals surface area contributed by atoms with Crippen LogP contribution in [0.2, 0.25) is 0 Å². The van der Waals surface area contributed by atoms with Gasteiger partial charge in [0.1, 0.15) is 11.5 Å². The molecule has 0 fully saturated rings. The highest BCUT2D eigenvalue weighted by Gasteiger charge is 2.11. The van der Waals surface area contributed by atoms with E-state index in [1.807, 2.05) is 62.4 Å². The fraction of sp³-hybridized carbons (Fsp3) is 0.115. The first kappa shape index (κ1) is 21.1. The summed E-state index contributed by atoms with van der Waals surface area (Å²) < 4.78 is 11.1. The standard InChI is InChI=1S/C26H23N3O3/c1-17-10-11-21(14-18(17)2)28-26(30)20-7-4-6-19(15-20)25-27-13-12-24(29-25)32-23-9-5-8-22(16-23)31-3/h4-16H,1-3H3,(H,28,30). The Morgan fingerprint density at radius 1 is 0.875 bits per heavy atom. The highest BCUT2D eigenvalue weighted by molar-refractivity contribution is 6.04. The van der Waals surface area contributed by atoms with Crippen molar-refractivity contribution in [3.05, 3.63) is 95.7 Å². The monoisotopic (exact) mass is 425 g/mol. The van der Waals surface area contributed by atoms with Gasteiger partial charge in [-0.3, -0.25) is 4.79 Å². The van der Waals surface area contributed by atoms with E-state index in [2.05, 4.69) is 15.3 Å². The third kappa shape index (κ3) is 4.92. The van der Waals surface area contributed by atoms with Gasteiger partial charge in [0.05, 0.1) is 7.11 Å². The van der Waals surface area contributed by atoms with Crippen LogP contribution in [0.15, 0.2) is 79.0 Å². The number of benzene rings is 3. The minimum Gasteiger partial charge on any atom is -0.497 e. The fourth-order valence-corrected chi connectivity index (χ4v) is 3.15.